The number of primary amides is 3. The maximum Gasteiger partial charge on any atom is 0.329 e. The summed E-state index contributed by atoms with van der Waals surface area (Å²) in [5.74, 6) is -10.6. The lowest BCUT2D eigenvalue weighted by molar-refractivity contribution is -0.154. The molecular formula is C105H159N15O21. The Kier molecular flexibility index (Phi) is 34.6. The van der Waals surface area contributed by atoms with E-state index in [2.05, 4.69) is 47.9 Å². The third-order valence-electron chi connectivity index (χ3n) is 31.5. The van der Waals surface area contributed by atoms with Crippen molar-refractivity contribution in [2.75, 3.05) is 26.2 Å². The summed E-state index contributed by atoms with van der Waals surface area (Å²) >= 11 is 0. The number of hydrogen-bond donors (Lipinski definition) is 12. The lowest BCUT2D eigenvalue weighted by Crippen LogP contribution is -2.62. The molecule has 2 aromatic rings. The number of nitrogens with one attached hydrogen (secondary N) is 9. The molecule has 7 saturated carbocycles. The van der Waals surface area contributed by atoms with Crippen LogP contribution in [-0.2, 0) is 86.1 Å². The molecule has 2 aromatic carbocycles. The van der Waals surface area contributed by atoms with Crippen LogP contribution in [0.25, 0.3) is 0 Å². The van der Waals surface area contributed by atoms with Crippen LogP contribution in [0.15, 0.2) is 60.7 Å². The Bertz CT molecular complexity index is 5010. The van der Waals surface area contributed by atoms with Crippen molar-refractivity contribution in [1.29, 1.82) is 0 Å². The number of benzene rings is 2. The number of urea groups is 3. The fraction of sp³-hybridized carbons (Fsp3) is 0.714. The zero-order valence-corrected chi connectivity index (χ0v) is 87.4. The minimum absolute atomic E-state index is 0.00206. The average Bonchev–Trinajstić information content (AvgIpc) is 1.53. The van der Waals surface area contributed by atoms with Gasteiger partial charge in [0, 0.05) is 25.0 Å². The van der Waals surface area contributed by atoms with Crippen molar-refractivity contribution in [2.45, 2.75) is 341 Å². The predicted octanol–water partition coefficient (Wildman–Crippen LogP) is 8.76. The number of rotatable bonds is 38. The first-order chi connectivity index (χ1) is 65.2. The molecule has 3 saturated heterocycles. The highest BCUT2D eigenvalue weighted by molar-refractivity contribution is 6.39. The monoisotopic (exact) mass is 1970 g/mol. The first kappa shape index (κ1) is 112. The van der Waals surface area contributed by atoms with Gasteiger partial charge in [0.2, 0.25) is 52.8 Å². The largest absolute Gasteiger partial charge is 0.464 e. The van der Waals surface area contributed by atoms with E-state index in [1.165, 1.54) is 14.7 Å². The standard InChI is InChI=1S/C37H55N5O7.C36H53N5O7.C32H51N5O7/c1-20(22-16-11-10-12-17-22)49-33(47)29(36(5,6)7)41-34(48)40-28(35(2,3)4)32(46)42-19-23-25(37(23,8)9)26(42)31(45)39-24(27(43)30(38)44)18-21-14-13-15-21;1-19(2)26(33(46)48-20(3)22-15-10-9-11-16-22)39-34(47)40-29(35(4,5)6)32(45)41-18-23-25(36(23,7)8)27(41)31(44)38-24(28(42)30(37)43)17-21-13-12-14-21;1-16(2)21(28(42)44-15-32(8)11-12-32)35-29(43)36-24(30(3,4)5)27(41)37-14-18-20(31(18,6)7)22(37)26(40)34-19(13-17-9-10-17)23(38)25(33)39/h10-12,16-17,20-21,23-26,28-29H,13-15,18-19H2,1-9H3,(H2,38,44)(H,39,45)(H2,40,41,48);9-11,15-16,19-21,23-27,29H,12-14,17-18H2,1-8H3,(H2,37,43)(H,38,44)(H2,39,40,47);16-22,24H,9-15H2,1-8H3,(H2,33,39)(H,34,40)(H2,35,36,43)/t20-,23-,24?,25-,26-,28+,29+;20-,23+,24?,25+,26+,27+,29-;18-,19?,20-,21-,22-,24+/m010/s1. The Labute approximate surface area is 830 Å². The summed E-state index contributed by atoms with van der Waals surface area (Å²) in [5.41, 5.74) is 13.9. The number of esters is 3. The van der Waals surface area contributed by atoms with Gasteiger partial charge in [-0.25, -0.2) is 28.8 Å². The molecule has 15 amide bonds. The summed E-state index contributed by atoms with van der Waals surface area (Å²) < 4.78 is 16.9. The number of nitrogens with two attached hydrogens (primary N) is 3. The molecular weight excluding hydrogens is 1810 g/mol. The molecule has 0 radical (unpaired) electrons. The second-order valence-electron chi connectivity index (χ2n) is 48.7. The second kappa shape index (κ2) is 43.6. The van der Waals surface area contributed by atoms with Gasteiger partial charge in [0.05, 0.1) is 24.7 Å². The molecule has 36 heteroatoms. The van der Waals surface area contributed by atoms with E-state index in [9.17, 15) is 86.3 Å². The maximum atomic E-state index is 14.4. The van der Waals surface area contributed by atoms with Crippen molar-refractivity contribution in [3.05, 3.63) is 71.8 Å². The number of piperidine rings is 3. The van der Waals surface area contributed by atoms with E-state index in [-0.39, 0.29) is 86.8 Å². The minimum atomic E-state index is -1.11. The van der Waals surface area contributed by atoms with E-state index < -0.39 is 213 Å². The molecule has 36 nitrogen and oxygen atoms in total. The van der Waals surface area contributed by atoms with Gasteiger partial charge in [-0.1, -0.05) is 271 Å². The average molecular weight is 1970 g/mol. The van der Waals surface area contributed by atoms with Gasteiger partial charge < -0.3 is 94.0 Å². The van der Waals surface area contributed by atoms with Gasteiger partial charge in [-0.05, 0) is 160 Å². The Morgan fingerprint density at radius 3 is 0.887 bits per heavy atom. The Morgan fingerprint density at radius 2 is 0.631 bits per heavy atom. The van der Waals surface area contributed by atoms with Crippen molar-refractivity contribution in [2.24, 2.45) is 126 Å². The van der Waals surface area contributed by atoms with Crippen molar-refractivity contribution in [1.82, 2.24) is 62.6 Å². The highest BCUT2D eigenvalue weighted by Gasteiger charge is 2.73. The van der Waals surface area contributed by atoms with Crippen LogP contribution in [0.3, 0.4) is 0 Å². The molecule has 3 heterocycles. The molecule has 3 unspecified atom stereocenters. The molecule has 15 N–H and O–H groups in total. The van der Waals surface area contributed by atoms with E-state index in [0.717, 1.165) is 75.3 Å². The van der Waals surface area contributed by atoms with Crippen molar-refractivity contribution in [3.8, 4) is 0 Å². The number of Topliss-reactive ketones (excluding diaryl/α,β-unsaturated/α-hetero) is 3. The topological polar surface area (TPSA) is 531 Å². The number of carbonyl (C=O) groups excluding carboxylic acids is 18. The summed E-state index contributed by atoms with van der Waals surface area (Å²) in [5, 5.41) is 24.9. The molecule has 10 aliphatic rings. The number of ether oxygens (including phenoxy) is 3. The molecule has 0 aromatic heterocycles. The maximum absolute atomic E-state index is 14.4. The van der Waals surface area contributed by atoms with Crippen LogP contribution < -0.4 is 65.1 Å². The van der Waals surface area contributed by atoms with E-state index in [0.29, 0.717) is 45.5 Å². The molecule has 780 valence electrons. The van der Waals surface area contributed by atoms with E-state index in [1.54, 1.807) is 41.5 Å². The summed E-state index contributed by atoms with van der Waals surface area (Å²) in [6, 6.07) is 4.51. The first-order valence-corrected chi connectivity index (χ1v) is 50.5. The summed E-state index contributed by atoms with van der Waals surface area (Å²) in [6.07, 6.45) is 9.40. The van der Waals surface area contributed by atoms with Gasteiger partial charge in [-0.2, -0.15) is 0 Å². The second-order valence-corrected chi connectivity index (χ2v) is 48.7. The number of ketones is 3. The van der Waals surface area contributed by atoms with E-state index in [4.69, 9.17) is 31.4 Å². The Hall–Kier alpha value is -11.1. The molecule has 7 aliphatic carbocycles. The van der Waals surface area contributed by atoms with Gasteiger partial charge >= 0.3 is 36.0 Å². The van der Waals surface area contributed by atoms with Crippen LogP contribution in [0, 0.1) is 108 Å². The quantitative estimate of drug-likeness (QED) is 0.0170. The van der Waals surface area contributed by atoms with Gasteiger partial charge in [0.1, 0.15) is 66.6 Å². The van der Waals surface area contributed by atoms with Gasteiger partial charge in [0.15, 0.2) is 0 Å². The highest BCUT2D eigenvalue weighted by atomic mass is 16.6. The minimum Gasteiger partial charge on any atom is -0.464 e. The molecule has 141 heavy (non-hydrogen) atoms. The number of hydrogen-bond acceptors (Lipinski definition) is 21. The van der Waals surface area contributed by atoms with Crippen LogP contribution in [0.1, 0.15) is 280 Å². The number of carbonyl (C=O) groups is 18. The first-order valence-electron chi connectivity index (χ1n) is 50.5. The zero-order valence-electron chi connectivity index (χ0n) is 87.4. The molecule has 0 spiro atoms. The van der Waals surface area contributed by atoms with Crippen LogP contribution in [0.5, 0.6) is 0 Å². The molecule has 20 atom stereocenters. The molecule has 3 aliphatic heterocycles. The van der Waals surface area contributed by atoms with Crippen LogP contribution in [-0.4, -0.2) is 220 Å². The van der Waals surface area contributed by atoms with Crippen LogP contribution in [0.4, 0.5) is 14.4 Å². The van der Waals surface area contributed by atoms with Crippen LogP contribution in [0.2, 0.25) is 0 Å². The Balaban J connectivity index is 0.000000218. The lowest BCUT2D eigenvalue weighted by Gasteiger charge is -2.38. The van der Waals surface area contributed by atoms with Crippen molar-refractivity contribution in [3.63, 3.8) is 0 Å². The summed E-state index contributed by atoms with van der Waals surface area (Å²) in [6.45, 7) is 47.9. The normalized spacial score (nSPS) is 24.7. The van der Waals surface area contributed by atoms with Gasteiger partial charge in [-0.3, -0.25) is 57.5 Å². The molecule has 10 fully saturated rings. The summed E-state index contributed by atoms with van der Waals surface area (Å²) in [4.78, 5) is 242. The van der Waals surface area contributed by atoms with Crippen molar-refractivity contribution >= 4 is 107 Å². The van der Waals surface area contributed by atoms with Crippen molar-refractivity contribution < 1.29 is 101 Å². The number of nitrogens with zero attached hydrogens (tertiary/aromatic N) is 3. The lowest BCUT2D eigenvalue weighted by atomic mass is 9.80. The third kappa shape index (κ3) is 27.1. The number of likely N-dealkylation sites (tertiary alicyclic amines) is 3. The molecule has 12 rings (SSSR count). The fourth-order valence-corrected chi connectivity index (χ4v) is 21.0. The SMILES string of the molecule is CC(C)[C@H](NC(=O)N[C@H](C(=O)N1C[C@H]2[C@@H]([C@H]1C(=O)NC(CC1CC1)C(=O)C(N)=O)C2(C)C)C(C)(C)C)C(=O)OCC1(C)CC1.CC(C)[C@H](NC(=O)N[C@H](C(=O)N1C[C@H]2[C@@H]([C@H]1C(=O)NC(CC1CCC1)C(=O)C(N)=O)C2(C)C)C(C)(C)C)C(=O)O[C@H](C)c1ccccc1.C[C@H](OC(=O)[C@@H](NC(=O)N[C@H](C(=O)N1C[C@H]2[C@@H]([C@H]1C(=O)NC(CC1CCC1)C(=O)C(N)=O)C2(C)C)C(C)(C)C)C(C)(C)C)c1ccccc1. The number of fused-ring (bicyclic) bond motifs is 3. The van der Waals surface area contributed by atoms with Crippen LogP contribution >= 0.6 is 0 Å². The van der Waals surface area contributed by atoms with E-state index in [1.807, 2.05) is 192 Å². The highest BCUT2D eigenvalue weighted by Crippen LogP contribution is 2.67. The van der Waals surface area contributed by atoms with Gasteiger partial charge in [0.25, 0.3) is 17.7 Å². The molecule has 0 bridgehead atoms. The third-order valence-corrected chi connectivity index (χ3v) is 31.5. The predicted molar refractivity (Wildman–Crippen MR) is 524 cm³/mol. The fourth-order valence-electron chi connectivity index (χ4n) is 21.0. The van der Waals surface area contributed by atoms with E-state index >= 15 is 0 Å². The van der Waals surface area contributed by atoms with Gasteiger partial charge in [-0.15, -0.1) is 0 Å². The number of amides is 15. The zero-order chi connectivity index (χ0) is 105. The smallest absolute Gasteiger partial charge is 0.329 e. The summed E-state index contributed by atoms with van der Waals surface area (Å²) in [7, 11) is 0. The Morgan fingerprint density at radius 1 is 0.362 bits per heavy atom.